The SMILES string of the molecule is CCN(C(=O)c1cc(F)ccc1Oc1nncnc1N1CC2(CCN(C(=O)[C@H]3NCC[C@@H]3C3CC3)CC2)C1)C(C)C. The Morgan fingerprint density at radius 3 is 2.63 bits per heavy atom. The van der Waals surface area contributed by atoms with Gasteiger partial charge < -0.3 is 24.8 Å². The number of rotatable bonds is 8. The third kappa shape index (κ3) is 5.48. The number of piperidine rings is 1. The molecule has 1 spiro atoms. The molecule has 220 valence electrons. The van der Waals surface area contributed by atoms with E-state index in [0.717, 1.165) is 57.9 Å². The fraction of sp³-hybridized carbons (Fsp3) is 0.633. The lowest BCUT2D eigenvalue weighted by Crippen LogP contribution is -2.62. The minimum absolute atomic E-state index is 0.00517. The predicted octanol–water partition coefficient (Wildman–Crippen LogP) is 3.49. The number of anilines is 1. The second-order valence-electron chi connectivity index (χ2n) is 12.4. The summed E-state index contributed by atoms with van der Waals surface area (Å²) >= 11 is 0. The lowest BCUT2D eigenvalue weighted by atomic mass is 9.72. The Hall–Kier alpha value is -3.34. The molecule has 3 saturated heterocycles. The zero-order valence-electron chi connectivity index (χ0n) is 24.2. The zero-order chi connectivity index (χ0) is 28.7. The van der Waals surface area contributed by atoms with Gasteiger partial charge in [-0.05, 0) is 89.5 Å². The molecule has 1 aliphatic carbocycles. The van der Waals surface area contributed by atoms with Gasteiger partial charge in [0.2, 0.25) is 5.91 Å². The lowest BCUT2D eigenvalue weighted by Gasteiger charge is -2.54. The lowest BCUT2D eigenvalue weighted by molar-refractivity contribution is -0.137. The van der Waals surface area contributed by atoms with Gasteiger partial charge in [-0.2, -0.15) is 0 Å². The molecule has 3 aliphatic heterocycles. The van der Waals surface area contributed by atoms with Gasteiger partial charge in [0.15, 0.2) is 5.82 Å². The van der Waals surface area contributed by atoms with Gasteiger partial charge in [-0.1, -0.05) is 0 Å². The second-order valence-corrected chi connectivity index (χ2v) is 12.4. The van der Waals surface area contributed by atoms with Crippen LogP contribution < -0.4 is 15.0 Å². The summed E-state index contributed by atoms with van der Waals surface area (Å²) in [7, 11) is 0. The molecule has 2 amide bonds. The Morgan fingerprint density at radius 1 is 1.20 bits per heavy atom. The molecular weight excluding hydrogens is 525 g/mol. The summed E-state index contributed by atoms with van der Waals surface area (Å²) < 4.78 is 20.3. The fourth-order valence-corrected chi connectivity index (χ4v) is 6.96. The summed E-state index contributed by atoms with van der Waals surface area (Å²) in [4.78, 5) is 36.9. The maximum atomic E-state index is 14.2. The number of carbonyl (C=O) groups is 2. The quantitative estimate of drug-likeness (QED) is 0.519. The van der Waals surface area contributed by atoms with E-state index < -0.39 is 5.82 Å². The highest BCUT2D eigenvalue weighted by molar-refractivity contribution is 5.97. The van der Waals surface area contributed by atoms with E-state index in [4.69, 9.17) is 4.74 Å². The van der Waals surface area contributed by atoms with Crippen molar-refractivity contribution in [2.45, 2.75) is 65.0 Å². The molecule has 1 aromatic carbocycles. The van der Waals surface area contributed by atoms with Crippen LogP contribution in [0, 0.1) is 23.1 Å². The summed E-state index contributed by atoms with van der Waals surface area (Å²) in [6, 6.07) is 3.86. The van der Waals surface area contributed by atoms with Crippen molar-refractivity contribution in [1.29, 1.82) is 0 Å². The van der Waals surface area contributed by atoms with Crippen LogP contribution in [0.15, 0.2) is 24.5 Å². The normalized spacial score (nSPS) is 23.5. The highest BCUT2D eigenvalue weighted by Crippen LogP contribution is 2.46. The molecule has 1 saturated carbocycles. The van der Waals surface area contributed by atoms with Crippen molar-refractivity contribution in [1.82, 2.24) is 30.3 Å². The second kappa shape index (κ2) is 11.2. The molecule has 1 aromatic heterocycles. The summed E-state index contributed by atoms with van der Waals surface area (Å²) in [6.07, 6.45) is 6.94. The standard InChI is InChI=1S/C30H40FN7O3/c1-4-38(19(2)3)28(39)23-15-21(31)7-8-24(23)41-27-26(33-18-34-35-27)37-16-30(17-37)10-13-36(14-11-30)29(40)25-22(9-12-32-25)20-5-6-20/h7-8,15,18-20,22,25,32H,4-6,9-14,16-17H2,1-3H3/t22-,25+/m1/s1. The van der Waals surface area contributed by atoms with Crippen LogP contribution in [0.3, 0.4) is 0 Å². The fourth-order valence-electron chi connectivity index (χ4n) is 6.96. The molecule has 11 heteroatoms. The highest BCUT2D eigenvalue weighted by atomic mass is 19.1. The Kier molecular flexibility index (Phi) is 7.56. The van der Waals surface area contributed by atoms with Crippen LogP contribution in [0.1, 0.15) is 63.2 Å². The third-order valence-corrected chi connectivity index (χ3v) is 9.43. The van der Waals surface area contributed by atoms with E-state index >= 15 is 0 Å². The van der Waals surface area contributed by atoms with Crippen molar-refractivity contribution >= 4 is 17.6 Å². The van der Waals surface area contributed by atoms with Gasteiger partial charge in [-0.15, -0.1) is 10.2 Å². The summed E-state index contributed by atoms with van der Waals surface area (Å²) in [6.45, 7) is 10.3. The number of ether oxygens (including phenoxy) is 1. The van der Waals surface area contributed by atoms with Gasteiger partial charge in [-0.3, -0.25) is 9.59 Å². The van der Waals surface area contributed by atoms with Crippen LogP contribution in [-0.4, -0.2) is 88.1 Å². The van der Waals surface area contributed by atoms with E-state index in [0.29, 0.717) is 18.3 Å². The molecule has 10 nitrogen and oxygen atoms in total. The number of benzene rings is 1. The number of hydrogen-bond donors (Lipinski definition) is 1. The number of aromatic nitrogens is 3. The van der Waals surface area contributed by atoms with Gasteiger partial charge >= 0.3 is 0 Å². The first-order chi connectivity index (χ1) is 19.8. The molecule has 2 aromatic rings. The number of halogens is 1. The monoisotopic (exact) mass is 565 g/mol. The number of likely N-dealkylation sites (tertiary alicyclic amines) is 1. The molecule has 4 fully saturated rings. The van der Waals surface area contributed by atoms with Gasteiger partial charge in [-0.25, -0.2) is 9.37 Å². The summed E-state index contributed by atoms with van der Waals surface area (Å²) in [5.41, 5.74) is 0.253. The van der Waals surface area contributed by atoms with Gasteiger partial charge in [0.25, 0.3) is 11.8 Å². The number of nitrogens with zero attached hydrogens (tertiary/aromatic N) is 6. The van der Waals surface area contributed by atoms with E-state index in [1.165, 1.54) is 37.4 Å². The summed E-state index contributed by atoms with van der Waals surface area (Å²) in [5.74, 6) is 1.64. The minimum Gasteiger partial charge on any atom is -0.434 e. The molecule has 4 heterocycles. The molecule has 0 bridgehead atoms. The zero-order valence-corrected chi connectivity index (χ0v) is 24.2. The van der Waals surface area contributed by atoms with E-state index in [1.807, 2.05) is 20.8 Å². The van der Waals surface area contributed by atoms with Crippen molar-refractivity contribution in [3.63, 3.8) is 0 Å². The first-order valence-corrected chi connectivity index (χ1v) is 15.0. The van der Waals surface area contributed by atoms with Gasteiger partial charge in [0.05, 0.1) is 11.6 Å². The van der Waals surface area contributed by atoms with E-state index in [2.05, 4.69) is 30.3 Å². The maximum Gasteiger partial charge on any atom is 0.282 e. The molecule has 4 aliphatic rings. The Balaban J connectivity index is 1.11. The van der Waals surface area contributed by atoms with E-state index in [9.17, 15) is 14.0 Å². The van der Waals surface area contributed by atoms with Crippen LogP contribution in [0.5, 0.6) is 11.6 Å². The van der Waals surface area contributed by atoms with Crippen molar-refractivity contribution in [3.8, 4) is 11.6 Å². The number of nitrogens with one attached hydrogen (secondary N) is 1. The van der Waals surface area contributed by atoms with Gasteiger partial charge in [0, 0.05) is 44.2 Å². The molecule has 1 N–H and O–H groups in total. The minimum atomic E-state index is -0.515. The Morgan fingerprint density at radius 2 is 1.95 bits per heavy atom. The largest absolute Gasteiger partial charge is 0.434 e. The summed E-state index contributed by atoms with van der Waals surface area (Å²) in [5, 5.41) is 11.6. The Bertz CT molecular complexity index is 1290. The molecule has 0 radical (unpaired) electrons. The smallest absolute Gasteiger partial charge is 0.282 e. The van der Waals surface area contributed by atoms with E-state index in [-0.39, 0.29) is 46.5 Å². The molecule has 2 atom stereocenters. The number of hydrogen-bond acceptors (Lipinski definition) is 8. The van der Waals surface area contributed by atoms with Crippen LogP contribution in [-0.2, 0) is 4.79 Å². The first-order valence-electron chi connectivity index (χ1n) is 15.0. The van der Waals surface area contributed by atoms with Crippen molar-refractivity contribution < 1.29 is 18.7 Å². The van der Waals surface area contributed by atoms with Crippen LogP contribution >= 0.6 is 0 Å². The van der Waals surface area contributed by atoms with Crippen LogP contribution in [0.4, 0.5) is 10.2 Å². The molecule has 6 rings (SSSR count). The molecule has 41 heavy (non-hydrogen) atoms. The van der Waals surface area contributed by atoms with E-state index in [1.54, 1.807) is 4.90 Å². The topological polar surface area (TPSA) is 104 Å². The maximum absolute atomic E-state index is 14.2. The molecule has 0 unspecified atom stereocenters. The van der Waals surface area contributed by atoms with Crippen molar-refractivity contribution in [2.24, 2.45) is 17.3 Å². The number of amides is 2. The Labute approximate surface area is 240 Å². The predicted molar refractivity (Wildman–Crippen MR) is 151 cm³/mol. The van der Waals surface area contributed by atoms with Crippen LogP contribution in [0.25, 0.3) is 0 Å². The highest BCUT2D eigenvalue weighted by Gasteiger charge is 2.49. The average molecular weight is 566 g/mol. The van der Waals surface area contributed by atoms with Crippen molar-refractivity contribution in [3.05, 3.63) is 35.9 Å². The third-order valence-electron chi connectivity index (χ3n) is 9.43. The average Bonchev–Trinajstić information content (AvgIpc) is 3.68. The first kappa shape index (κ1) is 27.8. The van der Waals surface area contributed by atoms with Gasteiger partial charge in [0.1, 0.15) is 17.9 Å². The molecular formula is C30H40FN7O3. The van der Waals surface area contributed by atoms with Crippen molar-refractivity contribution in [2.75, 3.05) is 44.2 Å². The van der Waals surface area contributed by atoms with Crippen LogP contribution in [0.2, 0.25) is 0 Å². The number of carbonyl (C=O) groups excluding carboxylic acids is 2.